The van der Waals surface area contributed by atoms with E-state index in [0.717, 1.165) is 0 Å². The van der Waals surface area contributed by atoms with Crippen molar-refractivity contribution in [3.63, 3.8) is 0 Å². The van der Waals surface area contributed by atoms with E-state index < -0.39 is 17.2 Å². The van der Waals surface area contributed by atoms with Gasteiger partial charge in [-0.1, -0.05) is 12.1 Å². The highest BCUT2D eigenvalue weighted by Crippen LogP contribution is 2.30. The third kappa shape index (κ3) is 3.50. The van der Waals surface area contributed by atoms with Gasteiger partial charge in [0.1, 0.15) is 11.6 Å². The fourth-order valence-electron chi connectivity index (χ4n) is 2.88. The van der Waals surface area contributed by atoms with E-state index >= 15 is 0 Å². The molecule has 0 saturated carbocycles. The van der Waals surface area contributed by atoms with Gasteiger partial charge in [-0.25, -0.2) is 9.18 Å². The van der Waals surface area contributed by atoms with Gasteiger partial charge in [0.05, 0.1) is 11.7 Å². The van der Waals surface area contributed by atoms with Gasteiger partial charge in [-0.3, -0.25) is 4.79 Å². The van der Waals surface area contributed by atoms with E-state index in [-0.39, 0.29) is 19.1 Å². The second-order valence-electron chi connectivity index (χ2n) is 6.48. The second-order valence-corrected chi connectivity index (χ2v) is 6.48. The molecule has 2 aromatic rings. The summed E-state index contributed by atoms with van der Waals surface area (Å²) in [5.74, 6) is -0.784. The lowest BCUT2D eigenvalue weighted by Crippen LogP contribution is -2.40. The van der Waals surface area contributed by atoms with Crippen molar-refractivity contribution in [1.82, 2.24) is 10.2 Å². The van der Waals surface area contributed by atoms with Gasteiger partial charge in [0.25, 0.3) is 0 Å². The van der Waals surface area contributed by atoms with Gasteiger partial charge in [-0.15, -0.1) is 0 Å². The number of amides is 2. The fourth-order valence-corrected chi connectivity index (χ4v) is 2.88. The number of aliphatic carboxylic acids is 1. The Labute approximate surface area is 144 Å². The lowest BCUT2D eigenvalue weighted by molar-refractivity contribution is -0.147. The van der Waals surface area contributed by atoms with Crippen molar-refractivity contribution in [3.05, 3.63) is 48.0 Å². The van der Waals surface area contributed by atoms with Crippen LogP contribution in [0.15, 0.2) is 41.0 Å². The van der Waals surface area contributed by atoms with Gasteiger partial charge >= 0.3 is 12.0 Å². The largest absolute Gasteiger partial charge is 0.481 e. The number of hydrogen-bond acceptors (Lipinski definition) is 3. The molecule has 3 rings (SSSR count). The van der Waals surface area contributed by atoms with Crippen molar-refractivity contribution >= 4 is 12.0 Å². The molecule has 1 aliphatic heterocycles. The first-order chi connectivity index (χ1) is 11.9. The number of benzene rings is 1. The molecule has 1 aliphatic rings. The maximum absolute atomic E-state index is 14.2. The normalized spacial score (nSPS) is 19.8. The smallest absolute Gasteiger partial charge is 0.317 e. The van der Waals surface area contributed by atoms with Crippen LogP contribution < -0.4 is 5.32 Å². The molecule has 0 radical (unpaired) electrons. The molecule has 2 N–H and O–H groups in total. The number of hydrogen-bond donors (Lipinski definition) is 2. The number of furan rings is 1. The Morgan fingerprint density at radius 3 is 2.80 bits per heavy atom. The molecule has 25 heavy (non-hydrogen) atoms. The van der Waals surface area contributed by atoms with Gasteiger partial charge in [0, 0.05) is 30.8 Å². The summed E-state index contributed by atoms with van der Waals surface area (Å²) in [5, 5.41) is 11.8. The molecule has 1 aromatic carbocycles. The van der Waals surface area contributed by atoms with Crippen LogP contribution in [0.3, 0.4) is 0 Å². The average Bonchev–Trinajstić information content (AvgIpc) is 3.24. The SMILES string of the molecule is CC1(C(=O)O)CCN(C(=O)NCc2ccc(-c3ccco3)cc2F)C1. The molecular formula is C18H19FN2O4. The van der Waals surface area contributed by atoms with E-state index in [2.05, 4.69) is 5.32 Å². The van der Waals surface area contributed by atoms with Gasteiger partial charge in [0.2, 0.25) is 0 Å². The summed E-state index contributed by atoms with van der Waals surface area (Å²) in [6.07, 6.45) is 1.92. The summed E-state index contributed by atoms with van der Waals surface area (Å²) in [4.78, 5) is 24.9. The Morgan fingerprint density at radius 2 is 2.20 bits per heavy atom. The Balaban J connectivity index is 1.60. The summed E-state index contributed by atoms with van der Waals surface area (Å²) in [6.45, 7) is 2.17. The van der Waals surface area contributed by atoms with Crippen LogP contribution in [0.2, 0.25) is 0 Å². The van der Waals surface area contributed by atoms with E-state index in [1.165, 1.54) is 17.2 Å². The molecule has 6 nitrogen and oxygen atoms in total. The second kappa shape index (κ2) is 6.58. The number of nitrogens with zero attached hydrogens (tertiary/aromatic N) is 1. The van der Waals surface area contributed by atoms with E-state index in [9.17, 15) is 19.1 Å². The molecule has 7 heteroatoms. The highest BCUT2D eigenvalue weighted by atomic mass is 19.1. The first-order valence-corrected chi connectivity index (χ1v) is 7.97. The maximum atomic E-state index is 14.2. The minimum absolute atomic E-state index is 0.0311. The number of carboxylic acid groups (broad SMARTS) is 1. The van der Waals surface area contributed by atoms with Gasteiger partial charge < -0.3 is 19.7 Å². The Hall–Kier alpha value is -2.83. The zero-order valence-electron chi connectivity index (χ0n) is 13.8. The molecule has 0 aliphatic carbocycles. The zero-order chi connectivity index (χ0) is 18.0. The fraction of sp³-hybridized carbons (Fsp3) is 0.333. The van der Waals surface area contributed by atoms with E-state index in [4.69, 9.17) is 4.42 Å². The number of likely N-dealkylation sites (tertiary alicyclic amines) is 1. The standard InChI is InChI=1S/C18H19FN2O4/c1-18(16(22)23)6-7-21(11-18)17(24)20-10-13-5-4-12(9-14(13)19)15-3-2-8-25-15/h2-5,8-9H,6-7,10-11H2,1H3,(H,20,24)(H,22,23). The van der Waals surface area contributed by atoms with Crippen LogP contribution in [0.5, 0.6) is 0 Å². The molecule has 0 bridgehead atoms. The summed E-state index contributed by atoms with van der Waals surface area (Å²) in [7, 11) is 0. The molecule has 1 fully saturated rings. The van der Waals surface area contributed by atoms with Crippen LogP contribution in [0.4, 0.5) is 9.18 Å². The minimum atomic E-state index is -0.923. The summed E-state index contributed by atoms with van der Waals surface area (Å²) >= 11 is 0. The maximum Gasteiger partial charge on any atom is 0.317 e. The van der Waals surface area contributed by atoms with Gasteiger partial charge in [-0.2, -0.15) is 0 Å². The van der Waals surface area contributed by atoms with Crippen molar-refractivity contribution < 1.29 is 23.5 Å². The van der Waals surface area contributed by atoms with Crippen LogP contribution in [0, 0.1) is 11.2 Å². The quantitative estimate of drug-likeness (QED) is 0.891. The Kier molecular flexibility index (Phi) is 4.48. The number of urea groups is 1. The third-order valence-corrected chi connectivity index (χ3v) is 4.57. The summed E-state index contributed by atoms with van der Waals surface area (Å²) in [6, 6.07) is 7.75. The van der Waals surface area contributed by atoms with Crippen molar-refractivity contribution in [2.75, 3.05) is 13.1 Å². The molecule has 2 amide bonds. The Bertz CT molecular complexity index is 790. The summed E-state index contributed by atoms with van der Waals surface area (Å²) < 4.78 is 19.4. The lowest BCUT2D eigenvalue weighted by Gasteiger charge is -2.20. The monoisotopic (exact) mass is 346 g/mol. The van der Waals surface area contributed by atoms with Crippen LogP contribution >= 0.6 is 0 Å². The molecule has 1 atom stereocenters. The molecule has 1 aromatic heterocycles. The number of carboxylic acids is 1. The number of nitrogens with one attached hydrogen (secondary N) is 1. The first-order valence-electron chi connectivity index (χ1n) is 7.97. The zero-order valence-corrected chi connectivity index (χ0v) is 13.8. The van der Waals surface area contributed by atoms with Crippen LogP contribution in [0.1, 0.15) is 18.9 Å². The predicted octanol–water partition coefficient (Wildman–Crippen LogP) is 3.09. The van der Waals surface area contributed by atoms with Gasteiger partial charge in [0.15, 0.2) is 0 Å². The first kappa shape index (κ1) is 17.0. The van der Waals surface area contributed by atoms with Crippen LogP contribution in [-0.4, -0.2) is 35.1 Å². The molecule has 0 spiro atoms. The molecule has 1 saturated heterocycles. The number of carbonyl (C=O) groups is 2. The lowest BCUT2D eigenvalue weighted by atomic mass is 9.90. The van der Waals surface area contributed by atoms with E-state index in [0.29, 0.717) is 29.9 Å². The predicted molar refractivity (Wildman–Crippen MR) is 88.3 cm³/mol. The minimum Gasteiger partial charge on any atom is -0.481 e. The highest BCUT2D eigenvalue weighted by molar-refractivity contribution is 5.79. The van der Waals surface area contributed by atoms with Crippen LogP contribution in [-0.2, 0) is 11.3 Å². The number of rotatable bonds is 4. The van der Waals surface area contributed by atoms with Crippen molar-refractivity contribution in [3.8, 4) is 11.3 Å². The molecular weight excluding hydrogens is 327 g/mol. The van der Waals surface area contributed by atoms with Crippen LogP contribution in [0.25, 0.3) is 11.3 Å². The Morgan fingerprint density at radius 1 is 1.40 bits per heavy atom. The molecule has 2 heterocycles. The summed E-state index contributed by atoms with van der Waals surface area (Å²) in [5.41, 5.74) is 0.0472. The molecule has 132 valence electrons. The number of carbonyl (C=O) groups excluding carboxylic acids is 1. The van der Waals surface area contributed by atoms with Crippen molar-refractivity contribution in [1.29, 1.82) is 0 Å². The van der Waals surface area contributed by atoms with E-state index in [1.54, 1.807) is 31.2 Å². The number of halogens is 1. The van der Waals surface area contributed by atoms with Crippen molar-refractivity contribution in [2.45, 2.75) is 19.9 Å². The average molecular weight is 346 g/mol. The molecule has 1 unspecified atom stereocenters. The van der Waals surface area contributed by atoms with E-state index in [1.807, 2.05) is 0 Å². The topological polar surface area (TPSA) is 82.8 Å². The third-order valence-electron chi connectivity index (χ3n) is 4.57. The van der Waals surface area contributed by atoms with Crippen molar-refractivity contribution in [2.24, 2.45) is 5.41 Å². The van der Waals surface area contributed by atoms with Gasteiger partial charge in [-0.05, 0) is 31.5 Å². The highest BCUT2D eigenvalue weighted by Gasteiger charge is 2.42.